The Morgan fingerprint density at radius 2 is 2.13 bits per heavy atom. The summed E-state index contributed by atoms with van der Waals surface area (Å²) in [5.74, 6) is 0. The van der Waals surface area contributed by atoms with E-state index < -0.39 is 0 Å². The highest BCUT2D eigenvalue weighted by molar-refractivity contribution is 5.81. The van der Waals surface area contributed by atoms with Crippen LogP contribution in [0.15, 0.2) is 24.4 Å². The third-order valence-electron chi connectivity index (χ3n) is 2.26. The SMILES string of the molecule is CC(C)(C)CNc1ccc2[nH]ncc2c1. The van der Waals surface area contributed by atoms with Crippen LogP contribution in [0.25, 0.3) is 10.9 Å². The second kappa shape index (κ2) is 3.57. The molecular formula is C12H17N3. The van der Waals surface area contributed by atoms with Gasteiger partial charge in [-0.2, -0.15) is 5.10 Å². The summed E-state index contributed by atoms with van der Waals surface area (Å²) in [6.07, 6.45) is 1.84. The lowest BCUT2D eigenvalue weighted by Gasteiger charge is -2.19. The Labute approximate surface area is 89.9 Å². The maximum Gasteiger partial charge on any atom is 0.0651 e. The van der Waals surface area contributed by atoms with Crippen molar-refractivity contribution in [3.05, 3.63) is 24.4 Å². The van der Waals surface area contributed by atoms with E-state index in [4.69, 9.17) is 0 Å². The average Bonchev–Trinajstić information content (AvgIpc) is 2.60. The number of rotatable bonds is 2. The van der Waals surface area contributed by atoms with E-state index in [1.165, 1.54) is 0 Å². The van der Waals surface area contributed by atoms with Gasteiger partial charge in [0.15, 0.2) is 0 Å². The molecule has 0 bridgehead atoms. The molecule has 2 N–H and O–H groups in total. The van der Waals surface area contributed by atoms with Gasteiger partial charge in [0.05, 0.1) is 11.7 Å². The fourth-order valence-electron chi connectivity index (χ4n) is 1.42. The smallest absolute Gasteiger partial charge is 0.0651 e. The molecule has 1 aromatic heterocycles. The zero-order valence-electron chi connectivity index (χ0n) is 9.46. The van der Waals surface area contributed by atoms with Crippen molar-refractivity contribution < 1.29 is 0 Å². The Morgan fingerprint density at radius 3 is 2.87 bits per heavy atom. The minimum Gasteiger partial charge on any atom is -0.385 e. The molecule has 15 heavy (non-hydrogen) atoms. The monoisotopic (exact) mass is 203 g/mol. The lowest BCUT2D eigenvalue weighted by atomic mass is 9.97. The highest BCUT2D eigenvalue weighted by Gasteiger charge is 2.09. The topological polar surface area (TPSA) is 40.7 Å². The number of aromatic nitrogens is 2. The van der Waals surface area contributed by atoms with E-state index in [0.717, 1.165) is 23.1 Å². The standard InChI is InChI=1S/C12H17N3/c1-12(2,3)8-13-10-4-5-11-9(6-10)7-14-15-11/h4-7,13H,8H2,1-3H3,(H,14,15). The van der Waals surface area contributed by atoms with E-state index in [-0.39, 0.29) is 0 Å². The summed E-state index contributed by atoms with van der Waals surface area (Å²) in [6.45, 7) is 7.62. The predicted molar refractivity (Wildman–Crippen MR) is 64.0 cm³/mol. The van der Waals surface area contributed by atoms with Crippen LogP contribution in [0, 0.1) is 5.41 Å². The van der Waals surface area contributed by atoms with Gasteiger partial charge in [-0.15, -0.1) is 0 Å². The summed E-state index contributed by atoms with van der Waals surface area (Å²) in [6, 6.07) is 6.24. The number of fused-ring (bicyclic) bond motifs is 1. The summed E-state index contributed by atoms with van der Waals surface area (Å²) in [5, 5.41) is 11.5. The second-order valence-electron chi connectivity index (χ2n) is 5.09. The molecule has 0 atom stereocenters. The first-order chi connectivity index (χ1) is 7.04. The molecule has 0 saturated carbocycles. The molecule has 0 unspecified atom stereocenters. The summed E-state index contributed by atoms with van der Waals surface area (Å²) in [5.41, 5.74) is 2.53. The summed E-state index contributed by atoms with van der Waals surface area (Å²) < 4.78 is 0. The van der Waals surface area contributed by atoms with Gasteiger partial charge in [-0.1, -0.05) is 20.8 Å². The van der Waals surface area contributed by atoms with Gasteiger partial charge >= 0.3 is 0 Å². The maximum absolute atomic E-state index is 4.00. The highest BCUT2D eigenvalue weighted by atomic mass is 15.1. The Morgan fingerprint density at radius 1 is 1.33 bits per heavy atom. The van der Waals surface area contributed by atoms with Gasteiger partial charge in [-0.05, 0) is 23.6 Å². The molecule has 0 aliphatic rings. The molecule has 2 rings (SSSR count). The molecule has 1 aromatic carbocycles. The van der Waals surface area contributed by atoms with Gasteiger partial charge in [0.1, 0.15) is 0 Å². The molecule has 0 fully saturated rings. The van der Waals surface area contributed by atoms with Crippen molar-refractivity contribution in [3.63, 3.8) is 0 Å². The Balaban J connectivity index is 2.15. The van der Waals surface area contributed by atoms with Crippen LogP contribution in [0.5, 0.6) is 0 Å². The molecule has 3 heteroatoms. The molecule has 2 aromatic rings. The molecule has 0 aliphatic carbocycles. The van der Waals surface area contributed by atoms with Crippen LogP contribution in [-0.4, -0.2) is 16.7 Å². The van der Waals surface area contributed by atoms with Crippen LogP contribution in [0.1, 0.15) is 20.8 Å². The molecule has 1 heterocycles. The van der Waals surface area contributed by atoms with E-state index in [0.29, 0.717) is 5.41 Å². The first kappa shape index (κ1) is 10.0. The van der Waals surface area contributed by atoms with Crippen molar-refractivity contribution in [3.8, 4) is 0 Å². The molecule has 0 spiro atoms. The van der Waals surface area contributed by atoms with E-state index >= 15 is 0 Å². The van der Waals surface area contributed by atoms with E-state index in [1.807, 2.05) is 12.3 Å². The van der Waals surface area contributed by atoms with Gasteiger partial charge in [-0.25, -0.2) is 0 Å². The van der Waals surface area contributed by atoms with Crippen LogP contribution < -0.4 is 5.32 Å². The van der Waals surface area contributed by atoms with E-state index in [9.17, 15) is 0 Å². The number of nitrogens with one attached hydrogen (secondary N) is 2. The zero-order valence-corrected chi connectivity index (χ0v) is 9.46. The summed E-state index contributed by atoms with van der Waals surface area (Å²) in [7, 11) is 0. The van der Waals surface area contributed by atoms with Crippen LogP contribution in [-0.2, 0) is 0 Å². The molecule has 0 amide bonds. The summed E-state index contributed by atoms with van der Waals surface area (Å²) in [4.78, 5) is 0. The summed E-state index contributed by atoms with van der Waals surface area (Å²) >= 11 is 0. The van der Waals surface area contributed by atoms with Gasteiger partial charge in [0, 0.05) is 17.6 Å². The minimum absolute atomic E-state index is 0.297. The molecule has 0 aliphatic heterocycles. The van der Waals surface area contributed by atoms with E-state index in [1.54, 1.807) is 0 Å². The fraction of sp³-hybridized carbons (Fsp3) is 0.417. The first-order valence-electron chi connectivity index (χ1n) is 5.22. The lowest BCUT2D eigenvalue weighted by molar-refractivity contribution is 0.443. The van der Waals surface area contributed by atoms with Crippen LogP contribution in [0.3, 0.4) is 0 Å². The van der Waals surface area contributed by atoms with E-state index in [2.05, 4.69) is 48.4 Å². The van der Waals surface area contributed by atoms with Crippen molar-refractivity contribution in [2.75, 3.05) is 11.9 Å². The largest absolute Gasteiger partial charge is 0.385 e. The number of hydrogen-bond donors (Lipinski definition) is 2. The Kier molecular flexibility index (Phi) is 2.39. The number of benzene rings is 1. The van der Waals surface area contributed by atoms with Crippen LogP contribution >= 0.6 is 0 Å². The molecule has 80 valence electrons. The van der Waals surface area contributed by atoms with Crippen molar-refractivity contribution in [2.24, 2.45) is 5.41 Å². The molecule has 3 nitrogen and oxygen atoms in total. The van der Waals surface area contributed by atoms with Crippen LogP contribution in [0.2, 0.25) is 0 Å². The normalized spacial score (nSPS) is 11.9. The molecular weight excluding hydrogens is 186 g/mol. The average molecular weight is 203 g/mol. The number of anilines is 1. The Bertz CT molecular complexity index is 451. The predicted octanol–water partition coefficient (Wildman–Crippen LogP) is 3.02. The highest BCUT2D eigenvalue weighted by Crippen LogP contribution is 2.19. The fourth-order valence-corrected chi connectivity index (χ4v) is 1.42. The number of nitrogens with zero attached hydrogens (tertiary/aromatic N) is 1. The first-order valence-corrected chi connectivity index (χ1v) is 5.22. The van der Waals surface area contributed by atoms with Crippen molar-refractivity contribution in [1.29, 1.82) is 0 Å². The van der Waals surface area contributed by atoms with Crippen molar-refractivity contribution in [2.45, 2.75) is 20.8 Å². The third-order valence-corrected chi connectivity index (χ3v) is 2.26. The van der Waals surface area contributed by atoms with Gasteiger partial charge in [0.2, 0.25) is 0 Å². The Hall–Kier alpha value is -1.51. The molecule has 0 saturated heterocycles. The van der Waals surface area contributed by atoms with Gasteiger partial charge in [-0.3, -0.25) is 5.10 Å². The van der Waals surface area contributed by atoms with Gasteiger partial charge in [0.25, 0.3) is 0 Å². The number of hydrogen-bond acceptors (Lipinski definition) is 2. The zero-order chi connectivity index (χ0) is 10.9. The van der Waals surface area contributed by atoms with Gasteiger partial charge < -0.3 is 5.32 Å². The quantitative estimate of drug-likeness (QED) is 0.787. The maximum atomic E-state index is 4.00. The number of aromatic amines is 1. The molecule has 0 radical (unpaired) electrons. The number of H-pyrrole nitrogens is 1. The van der Waals surface area contributed by atoms with Crippen molar-refractivity contribution >= 4 is 16.6 Å². The van der Waals surface area contributed by atoms with Crippen molar-refractivity contribution in [1.82, 2.24) is 10.2 Å². The minimum atomic E-state index is 0.297. The second-order valence-corrected chi connectivity index (χ2v) is 5.09. The lowest BCUT2D eigenvalue weighted by Crippen LogP contribution is -2.18. The van der Waals surface area contributed by atoms with Crippen LogP contribution in [0.4, 0.5) is 5.69 Å². The third kappa shape index (κ3) is 2.49.